The molecule has 1 aromatic heterocycles. The van der Waals surface area contributed by atoms with E-state index in [0.29, 0.717) is 0 Å². The van der Waals surface area contributed by atoms with E-state index >= 15 is 0 Å². The minimum Gasteiger partial charge on any atom is -0.469 e. The number of hydrogen-bond acceptors (Lipinski definition) is 5. The van der Waals surface area contributed by atoms with Crippen molar-refractivity contribution in [2.45, 2.75) is 19.4 Å². The van der Waals surface area contributed by atoms with Gasteiger partial charge in [0.25, 0.3) is 0 Å². The Kier molecular flexibility index (Phi) is 3.56. The quantitative estimate of drug-likeness (QED) is 0.718. The van der Waals surface area contributed by atoms with Crippen LogP contribution in [0.4, 0.5) is 0 Å². The third kappa shape index (κ3) is 2.61. The van der Waals surface area contributed by atoms with Crippen molar-refractivity contribution in [2.24, 2.45) is 5.92 Å². The van der Waals surface area contributed by atoms with Crippen LogP contribution < -0.4 is 0 Å². The number of nitrogens with zero attached hydrogens (tertiary/aromatic N) is 2. The number of carbonyl (C=O) groups is 1. The molecule has 0 amide bonds. The van der Waals surface area contributed by atoms with Crippen molar-refractivity contribution in [3.8, 4) is 0 Å². The molecular formula is C11H16N2O3. The van der Waals surface area contributed by atoms with E-state index in [0.717, 1.165) is 38.0 Å². The number of ether oxygens (including phenoxy) is 1. The van der Waals surface area contributed by atoms with Gasteiger partial charge in [0.1, 0.15) is 6.26 Å². The Labute approximate surface area is 94.3 Å². The molecule has 5 heteroatoms. The van der Waals surface area contributed by atoms with Crippen LogP contribution in [0, 0.1) is 5.92 Å². The van der Waals surface area contributed by atoms with Crippen molar-refractivity contribution in [3.05, 3.63) is 18.0 Å². The van der Waals surface area contributed by atoms with Crippen molar-refractivity contribution < 1.29 is 14.1 Å². The van der Waals surface area contributed by atoms with Gasteiger partial charge in [-0.2, -0.15) is 0 Å². The second-order valence-corrected chi connectivity index (χ2v) is 4.11. The highest BCUT2D eigenvalue weighted by Crippen LogP contribution is 2.19. The maximum absolute atomic E-state index is 11.3. The van der Waals surface area contributed by atoms with Crippen LogP contribution in [0.5, 0.6) is 0 Å². The van der Waals surface area contributed by atoms with E-state index in [2.05, 4.69) is 10.1 Å². The summed E-state index contributed by atoms with van der Waals surface area (Å²) in [6.07, 6.45) is 5.13. The predicted octanol–water partition coefficient (Wildman–Crippen LogP) is 1.06. The molecule has 1 fully saturated rings. The summed E-state index contributed by atoms with van der Waals surface area (Å²) in [5.41, 5.74) is 1.08. The molecule has 1 aromatic rings. The normalized spacial score (nSPS) is 18.6. The molecule has 1 aliphatic heterocycles. The number of carbonyl (C=O) groups excluding carboxylic acids is 1. The topological polar surface area (TPSA) is 55.6 Å². The molecule has 1 aliphatic rings. The van der Waals surface area contributed by atoms with Gasteiger partial charge in [0.2, 0.25) is 0 Å². The van der Waals surface area contributed by atoms with Gasteiger partial charge < -0.3 is 9.26 Å². The molecule has 0 aromatic carbocycles. The first-order chi connectivity index (χ1) is 7.79. The molecule has 2 heterocycles. The Morgan fingerprint density at radius 1 is 1.62 bits per heavy atom. The summed E-state index contributed by atoms with van der Waals surface area (Å²) in [4.78, 5) is 13.6. The van der Waals surface area contributed by atoms with Crippen molar-refractivity contribution in [2.75, 3.05) is 20.2 Å². The van der Waals surface area contributed by atoms with E-state index in [4.69, 9.17) is 9.26 Å². The molecule has 0 N–H and O–H groups in total. The lowest BCUT2D eigenvalue weighted by Gasteiger charge is -2.29. The minimum atomic E-state index is -0.0790. The van der Waals surface area contributed by atoms with Crippen LogP contribution in [0.1, 0.15) is 18.4 Å². The molecule has 88 valence electrons. The molecule has 2 rings (SSSR count). The first-order valence-corrected chi connectivity index (χ1v) is 5.48. The summed E-state index contributed by atoms with van der Waals surface area (Å²) < 4.78 is 9.53. The molecule has 0 aliphatic carbocycles. The highest BCUT2D eigenvalue weighted by atomic mass is 16.5. The number of rotatable bonds is 3. The fourth-order valence-electron chi connectivity index (χ4n) is 2.06. The molecule has 16 heavy (non-hydrogen) atoms. The molecular weight excluding hydrogens is 208 g/mol. The Morgan fingerprint density at radius 3 is 2.94 bits per heavy atom. The van der Waals surface area contributed by atoms with Crippen LogP contribution in [0.3, 0.4) is 0 Å². The van der Waals surface area contributed by atoms with Gasteiger partial charge in [-0.15, -0.1) is 0 Å². The molecule has 0 saturated carbocycles. The lowest BCUT2D eigenvalue weighted by Crippen LogP contribution is -2.36. The van der Waals surface area contributed by atoms with Crippen LogP contribution in [0.2, 0.25) is 0 Å². The summed E-state index contributed by atoms with van der Waals surface area (Å²) in [7, 11) is 1.45. The molecule has 0 unspecified atom stereocenters. The van der Waals surface area contributed by atoms with Gasteiger partial charge in [-0.1, -0.05) is 5.16 Å². The van der Waals surface area contributed by atoms with E-state index in [-0.39, 0.29) is 11.9 Å². The first kappa shape index (κ1) is 11.1. The summed E-state index contributed by atoms with van der Waals surface area (Å²) in [5, 5.41) is 3.67. The van der Waals surface area contributed by atoms with Crippen LogP contribution in [0.25, 0.3) is 0 Å². The first-order valence-electron chi connectivity index (χ1n) is 5.48. The van der Waals surface area contributed by atoms with E-state index in [1.807, 2.05) is 0 Å². The zero-order valence-corrected chi connectivity index (χ0v) is 9.39. The van der Waals surface area contributed by atoms with Gasteiger partial charge in [-0.05, 0) is 25.9 Å². The smallest absolute Gasteiger partial charge is 0.308 e. The largest absolute Gasteiger partial charge is 0.469 e. The van der Waals surface area contributed by atoms with E-state index in [9.17, 15) is 4.79 Å². The minimum absolute atomic E-state index is 0.0729. The van der Waals surface area contributed by atoms with E-state index in [1.165, 1.54) is 7.11 Å². The molecule has 0 radical (unpaired) electrons. The number of aromatic nitrogens is 1. The fourth-order valence-corrected chi connectivity index (χ4v) is 2.06. The number of likely N-dealkylation sites (tertiary alicyclic amines) is 1. The molecule has 5 nitrogen and oxygen atoms in total. The number of hydrogen-bond donors (Lipinski definition) is 0. The standard InChI is InChI=1S/C11H16N2O3/c1-15-11(14)10-2-4-13(5-3-10)7-9-6-12-16-8-9/h6,8,10H,2-5,7H2,1H3. The average molecular weight is 224 g/mol. The van der Waals surface area contributed by atoms with Gasteiger partial charge in [0.15, 0.2) is 0 Å². The van der Waals surface area contributed by atoms with Gasteiger partial charge >= 0.3 is 5.97 Å². The van der Waals surface area contributed by atoms with Crippen molar-refractivity contribution >= 4 is 5.97 Å². The van der Waals surface area contributed by atoms with Crippen LogP contribution >= 0.6 is 0 Å². The van der Waals surface area contributed by atoms with E-state index < -0.39 is 0 Å². The van der Waals surface area contributed by atoms with Gasteiger partial charge in [0.05, 0.1) is 19.2 Å². The lowest BCUT2D eigenvalue weighted by atomic mass is 9.97. The Balaban J connectivity index is 1.79. The summed E-state index contributed by atoms with van der Waals surface area (Å²) in [6.45, 7) is 2.69. The second kappa shape index (κ2) is 5.12. The predicted molar refractivity (Wildman–Crippen MR) is 56.5 cm³/mol. The van der Waals surface area contributed by atoms with Crippen LogP contribution in [-0.4, -0.2) is 36.2 Å². The highest BCUT2D eigenvalue weighted by molar-refractivity contribution is 5.72. The Bertz CT molecular complexity index is 329. The van der Waals surface area contributed by atoms with Crippen LogP contribution in [0.15, 0.2) is 17.0 Å². The SMILES string of the molecule is COC(=O)C1CCN(Cc2cnoc2)CC1. The number of piperidine rings is 1. The second-order valence-electron chi connectivity index (χ2n) is 4.11. The highest BCUT2D eigenvalue weighted by Gasteiger charge is 2.25. The van der Waals surface area contributed by atoms with Crippen molar-refractivity contribution in [3.63, 3.8) is 0 Å². The summed E-state index contributed by atoms with van der Waals surface area (Å²) >= 11 is 0. The maximum atomic E-state index is 11.3. The van der Waals surface area contributed by atoms with Crippen molar-refractivity contribution in [1.29, 1.82) is 0 Å². The Morgan fingerprint density at radius 2 is 2.38 bits per heavy atom. The van der Waals surface area contributed by atoms with Crippen molar-refractivity contribution in [1.82, 2.24) is 10.1 Å². The maximum Gasteiger partial charge on any atom is 0.308 e. The van der Waals surface area contributed by atoms with Gasteiger partial charge in [0, 0.05) is 12.1 Å². The summed E-state index contributed by atoms with van der Waals surface area (Å²) in [6, 6.07) is 0. The summed E-state index contributed by atoms with van der Waals surface area (Å²) in [5.74, 6) is -0.00616. The van der Waals surface area contributed by atoms with E-state index in [1.54, 1.807) is 12.5 Å². The van der Waals surface area contributed by atoms with Gasteiger partial charge in [-0.3, -0.25) is 9.69 Å². The Hall–Kier alpha value is -1.36. The third-order valence-corrected chi connectivity index (χ3v) is 3.01. The molecule has 0 bridgehead atoms. The zero-order valence-electron chi connectivity index (χ0n) is 9.39. The molecule has 0 spiro atoms. The lowest BCUT2D eigenvalue weighted by molar-refractivity contribution is -0.147. The number of methoxy groups -OCH3 is 1. The number of esters is 1. The molecule has 0 atom stereocenters. The third-order valence-electron chi connectivity index (χ3n) is 3.01. The monoisotopic (exact) mass is 224 g/mol. The fraction of sp³-hybridized carbons (Fsp3) is 0.636. The zero-order chi connectivity index (χ0) is 11.4. The van der Waals surface area contributed by atoms with Crippen LogP contribution in [-0.2, 0) is 16.1 Å². The van der Waals surface area contributed by atoms with Gasteiger partial charge in [-0.25, -0.2) is 0 Å². The average Bonchev–Trinajstić information content (AvgIpc) is 2.82. The molecule has 1 saturated heterocycles.